The molecule has 2 saturated heterocycles. The molecule has 2 aromatic heterocycles. The Morgan fingerprint density at radius 2 is 1.91 bits per heavy atom. The van der Waals surface area contributed by atoms with Crippen LogP contribution in [0, 0.1) is 0 Å². The first-order valence-electron chi connectivity index (χ1n) is 11.9. The second kappa shape index (κ2) is 9.00. The topological polar surface area (TPSA) is 76.4 Å². The van der Waals surface area contributed by atoms with Crippen molar-refractivity contribution in [2.24, 2.45) is 0 Å². The number of pyridine rings is 1. The van der Waals surface area contributed by atoms with Gasteiger partial charge >= 0.3 is 5.97 Å². The number of esters is 1. The molecule has 3 aliphatic heterocycles. The molecule has 2 fully saturated rings. The largest absolute Gasteiger partial charge is 0.466 e. The molecule has 176 valence electrons. The molecule has 3 aliphatic rings. The average molecular weight is 479 g/mol. The SMILES string of the molecule is O=C1CC(N2Cc3cc(Cl)ccc3-n3c(nnc3C3CCN(c4ccccn4)CC3)C2)CCO1. The Balaban J connectivity index is 1.31. The first-order chi connectivity index (χ1) is 16.7. The molecule has 0 bridgehead atoms. The molecule has 3 aromatic rings. The van der Waals surface area contributed by atoms with Gasteiger partial charge in [0.1, 0.15) is 11.6 Å². The number of carbonyl (C=O) groups is 1. The van der Waals surface area contributed by atoms with Crippen molar-refractivity contribution in [3.63, 3.8) is 0 Å². The lowest BCUT2D eigenvalue weighted by Crippen LogP contribution is -2.40. The van der Waals surface area contributed by atoms with E-state index in [4.69, 9.17) is 21.4 Å². The van der Waals surface area contributed by atoms with E-state index in [9.17, 15) is 4.79 Å². The van der Waals surface area contributed by atoms with Crippen LogP contribution in [0.4, 0.5) is 5.82 Å². The second-order valence-corrected chi connectivity index (χ2v) is 9.74. The number of hydrogen-bond acceptors (Lipinski definition) is 7. The Bertz CT molecular complexity index is 1190. The van der Waals surface area contributed by atoms with Crippen LogP contribution in [0.25, 0.3) is 5.69 Å². The summed E-state index contributed by atoms with van der Waals surface area (Å²) in [6.07, 6.45) is 5.07. The first-order valence-corrected chi connectivity index (χ1v) is 12.3. The molecule has 1 aromatic carbocycles. The van der Waals surface area contributed by atoms with E-state index in [1.165, 1.54) is 0 Å². The van der Waals surface area contributed by atoms with Gasteiger partial charge in [-0.15, -0.1) is 10.2 Å². The van der Waals surface area contributed by atoms with Gasteiger partial charge in [0.2, 0.25) is 0 Å². The van der Waals surface area contributed by atoms with Gasteiger partial charge in [-0.2, -0.15) is 0 Å². The minimum atomic E-state index is -0.131. The van der Waals surface area contributed by atoms with E-state index < -0.39 is 0 Å². The maximum absolute atomic E-state index is 12.0. The fourth-order valence-corrected chi connectivity index (χ4v) is 5.65. The van der Waals surface area contributed by atoms with E-state index in [-0.39, 0.29) is 12.0 Å². The maximum atomic E-state index is 12.0. The van der Waals surface area contributed by atoms with Crippen LogP contribution in [-0.2, 0) is 22.6 Å². The Kier molecular flexibility index (Phi) is 5.71. The zero-order valence-electron chi connectivity index (χ0n) is 18.9. The van der Waals surface area contributed by atoms with Gasteiger partial charge in [-0.05, 0) is 55.2 Å². The summed E-state index contributed by atoms with van der Waals surface area (Å²) >= 11 is 6.41. The predicted molar refractivity (Wildman–Crippen MR) is 128 cm³/mol. The third kappa shape index (κ3) is 4.05. The molecule has 1 unspecified atom stereocenters. The van der Waals surface area contributed by atoms with Crippen molar-refractivity contribution in [3.05, 3.63) is 64.8 Å². The lowest BCUT2D eigenvalue weighted by Gasteiger charge is -2.32. The molecule has 5 heterocycles. The molecule has 0 radical (unpaired) electrons. The van der Waals surface area contributed by atoms with Gasteiger partial charge < -0.3 is 9.64 Å². The van der Waals surface area contributed by atoms with Crippen molar-refractivity contribution in [3.8, 4) is 5.69 Å². The Morgan fingerprint density at radius 1 is 1.03 bits per heavy atom. The van der Waals surface area contributed by atoms with Crippen molar-refractivity contribution in [1.29, 1.82) is 0 Å². The molecule has 9 heteroatoms. The summed E-state index contributed by atoms with van der Waals surface area (Å²) in [5, 5.41) is 10.1. The van der Waals surface area contributed by atoms with E-state index in [1.54, 1.807) is 0 Å². The van der Waals surface area contributed by atoms with E-state index >= 15 is 0 Å². The van der Waals surface area contributed by atoms with Crippen LogP contribution in [0.5, 0.6) is 0 Å². The van der Waals surface area contributed by atoms with Gasteiger partial charge in [-0.1, -0.05) is 17.7 Å². The lowest BCUT2D eigenvalue weighted by atomic mass is 9.95. The van der Waals surface area contributed by atoms with Crippen LogP contribution in [0.15, 0.2) is 42.6 Å². The number of carbonyl (C=O) groups excluding carboxylic acids is 1. The number of nitrogens with zero attached hydrogens (tertiary/aromatic N) is 6. The fourth-order valence-electron chi connectivity index (χ4n) is 5.45. The van der Waals surface area contributed by atoms with Crippen molar-refractivity contribution >= 4 is 23.4 Å². The van der Waals surface area contributed by atoms with Gasteiger partial charge in [0.25, 0.3) is 0 Å². The van der Waals surface area contributed by atoms with E-state index in [0.29, 0.717) is 30.5 Å². The number of piperidine rings is 1. The Labute approximate surface area is 203 Å². The van der Waals surface area contributed by atoms with Gasteiger partial charge in [0.15, 0.2) is 5.82 Å². The quantitative estimate of drug-likeness (QED) is 0.531. The highest BCUT2D eigenvalue weighted by molar-refractivity contribution is 6.30. The molecule has 6 rings (SSSR count). The number of ether oxygens (including phenoxy) is 1. The van der Waals surface area contributed by atoms with Crippen molar-refractivity contribution in [2.75, 3.05) is 24.6 Å². The number of hydrogen-bond donors (Lipinski definition) is 0. The predicted octanol–water partition coefficient (Wildman–Crippen LogP) is 3.72. The van der Waals surface area contributed by atoms with Gasteiger partial charge in [-0.3, -0.25) is 14.3 Å². The fraction of sp³-hybridized carbons (Fsp3) is 0.440. The molecule has 0 amide bonds. The number of benzene rings is 1. The molecule has 8 nitrogen and oxygen atoms in total. The smallest absolute Gasteiger partial charge is 0.307 e. The summed E-state index contributed by atoms with van der Waals surface area (Å²) in [7, 11) is 0. The highest BCUT2D eigenvalue weighted by atomic mass is 35.5. The van der Waals surface area contributed by atoms with E-state index in [0.717, 1.165) is 67.6 Å². The van der Waals surface area contributed by atoms with Crippen LogP contribution in [-0.4, -0.2) is 56.4 Å². The number of cyclic esters (lactones) is 1. The summed E-state index contributed by atoms with van der Waals surface area (Å²) < 4.78 is 7.43. The van der Waals surface area contributed by atoms with Crippen LogP contribution < -0.4 is 4.90 Å². The minimum absolute atomic E-state index is 0.126. The average Bonchev–Trinajstić information content (AvgIpc) is 3.20. The summed E-state index contributed by atoms with van der Waals surface area (Å²) in [6, 6.07) is 12.2. The van der Waals surface area contributed by atoms with Crippen LogP contribution in [0.2, 0.25) is 5.02 Å². The molecule has 1 atom stereocenters. The van der Waals surface area contributed by atoms with Crippen LogP contribution in [0.3, 0.4) is 0 Å². The highest BCUT2D eigenvalue weighted by Crippen LogP contribution is 2.35. The highest BCUT2D eigenvalue weighted by Gasteiger charge is 2.33. The standard InChI is InChI=1S/C25H27ClN6O2/c26-19-4-5-21-18(13-19)15-31(20-8-12-34-24(33)14-20)16-23-28-29-25(32(21)23)17-6-10-30(11-7-17)22-3-1-2-9-27-22/h1-5,9,13,17,20H,6-8,10-12,14-16H2. The second-order valence-electron chi connectivity index (χ2n) is 9.30. The van der Waals surface area contributed by atoms with Gasteiger partial charge in [0.05, 0.1) is 25.3 Å². The zero-order chi connectivity index (χ0) is 23.1. The number of anilines is 1. The number of aromatic nitrogens is 4. The molecule has 34 heavy (non-hydrogen) atoms. The van der Waals surface area contributed by atoms with Crippen molar-refractivity contribution in [2.45, 2.75) is 50.7 Å². The lowest BCUT2D eigenvalue weighted by molar-refractivity contribution is -0.150. The van der Waals surface area contributed by atoms with E-state index in [2.05, 4.69) is 36.6 Å². The summed E-state index contributed by atoms with van der Waals surface area (Å²) in [6.45, 7) is 3.70. The van der Waals surface area contributed by atoms with Crippen molar-refractivity contribution < 1.29 is 9.53 Å². The first kappa shape index (κ1) is 21.6. The van der Waals surface area contributed by atoms with Crippen LogP contribution >= 0.6 is 11.6 Å². The Morgan fingerprint density at radius 3 is 2.71 bits per heavy atom. The molecule has 0 spiro atoms. The number of halogens is 1. The monoisotopic (exact) mass is 478 g/mol. The molecular weight excluding hydrogens is 452 g/mol. The summed E-state index contributed by atoms with van der Waals surface area (Å²) in [5.41, 5.74) is 2.23. The molecular formula is C25H27ClN6O2. The maximum Gasteiger partial charge on any atom is 0.307 e. The molecule has 0 N–H and O–H groups in total. The van der Waals surface area contributed by atoms with Crippen LogP contribution in [0.1, 0.15) is 48.8 Å². The number of fused-ring (bicyclic) bond motifs is 3. The van der Waals surface area contributed by atoms with Crippen molar-refractivity contribution in [1.82, 2.24) is 24.6 Å². The third-order valence-corrected chi connectivity index (χ3v) is 7.46. The molecule has 0 saturated carbocycles. The third-order valence-electron chi connectivity index (χ3n) is 7.22. The summed E-state index contributed by atoms with van der Waals surface area (Å²) in [5.74, 6) is 3.16. The molecule has 0 aliphatic carbocycles. The normalized spacial score (nSPS) is 21.5. The Hall–Kier alpha value is -2.97. The number of rotatable bonds is 3. The van der Waals surface area contributed by atoms with Gasteiger partial charge in [0, 0.05) is 42.8 Å². The zero-order valence-corrected chi connectivity index (χ0v) is 19.7. The summed E-state index contributed by atoms with van der Waals surface area (Å²) in [4.78, 5) is 21.2. The van der Waals surface area contributed by atoms with E-state index in [1.807, 2.05) is 30.5 Å². The van der Waals surface area contributed by atoms with Gasteiger partial charge in [-0.25, -0.2) is 4.98 Å². The minimum Gasteiger partial charge on any atom is -0.466 e.